The Morgan fingerprint density at radius 3 is 2.70 bits per heavy atom. The standard InChI is InChI=1S/C19H22O4/c1-6-19(5)11-14(23-18(2,3)4)22-16-12-9-7-8-10-13(12)21-17(20)15(16)19/h6-10,14H,1,11H2,2-5H3/t14-,19+/m0/s1. The number of para-hydroxylation sites is 1. The first-order valence-electron chi connectivity index (χ1n) is 7.78. The molecule has 0 N–H and O–H groups in total. The largest absolute Gasteiger partial charge is 0.464 e. The first kappa shape index (κ1) is 15.8. The van der Waals surface area contributed by atoms with Crippen LogP contribution >= 0.6 is 0 Å². The molecular formula is C19H22O4. The van der Waals surface area contributed by atoms with Gasteiger partial charge in [0.15, 0.2) is 0 Å². The Balaban J connectivity index is 2.23. The molecule has 0 fully saturated rings. The van der Waals surface area contributed by atoms with E-state index >= 15 is 0 Å². The molecule has 1 aliphatic heterocycles. The number of hydrogen-bond donors (Lipinski definition) is 0. The number of benzene rings is 1. The van der Waals surface area contributed by atoms with Crippen molar-refractivity contribution in [2.24, 2.45) is 0 Å². The molecule has 0 saturated heterocycles. The van der Waals surface area contributed by atoms with Crippen molar-refractivity contribution in [3.05, 3.63) is 52.9 Å². The lowest BCUT2D eigenvalue weighted by atomic mass is 9.77. The second kappa shape index (κ2) is 5.24. The molecule has 1 aromatic heterocycles. The number of allylic oxidation sites excluding steroid dienone is 1. The highest BCUT2D eigenvalue weighted by Gasteiger charge is 2.41. The smallest absolute Gasteiger partial charge is 0.344 e. The van der Waals surface area contributed by atoms with Crippen LogP contribution < -0.4 is 10.4 Å². The van der Waals surface area contributed by atoms with Gasteiger partial charge in [0.25, 0.3) is 0 Å². The van der Waals surface area contributed by atoms with E-state index in [9.17, 15) is 4.79 Å². The Morgan fingerprint density at radius 2 is 2.04 bits per heavy atom. The Hall–Kier alpha value is -2.07. The van der Waals surface area contributed by atoms with Crippen LogP contribution in [-0.4, -0.2) is 11.9 Å². The molecule has 0 amide bonds. The van der Waals surface area contributed by atoms with Gasteiger partial charge in [-0.15, -0.1) is 6.58 Å². The topological polar surface area (TPSA) is 48.7 Å². The average molecular weight is 314 g/mol. The lowest BCUT2D eigenvalue weighted by Gasteiger charge is -2.39. The van der Waals surface area contributed by atoms with Gasteiger partial charge in [-0.3, -0.25) is 0 Å². The summed E-state index contributed by atoms with van der Waals surface area (Å²) in [6.07, 6.45) is 1.85. The van der Waals surface area contributed by atoms with Gasteiger partial charge in [0.05, 0.1) is 16.6 Å². The van der Waals surface area contributed by atoms with E-state index in [0.717, 1.165) is 5.39 Å². The van der Waals surface area contributed by atoms with Crippen molar-refractivity contribution in [3.8, 4) is 5.75 Å². The Labute approximate surface area is 135 Å². The van der Waals surface area contributed by atoms with Crippen molar-refractivity contribution < 1.29 is 13.9 Å². The fourth-order valence-electron chi connectivity index (χ4n) is 3.00. The SMILES string of the molecule is C=C[C@]1(C)C[C@H](OC(C)(C)C)Oc2c1c(=O)oc1ccccc21. The van der Waals surface area contributed by atoms with E-state index in [2.05, 4.69) is 6.58 Å². The van der Waals surface area contributed by atoms with Gasteiger partial charge in [-0.05, 0) is 32.9 Å². The van der Waals surface area contributed by atoms with Gasteiger partial charge in [-0.2, -0.15) is 0 Å². The first-order chi connectivity index (χ1) is 10.7. The summed E-state index contributed by atoms with van der Waals surface area (Å²) in [4.78, 5) is 12.5. The molecule has 4 heteroatoms. The minimum Gasteiger partial charge on any atom is -0.464 e. The molecule has 122 valence electrons. The molecule has 0 aliphatic carbocycles. The summed E-state index contributed by atoms with van der Waals surface area (Å²) in [7, 11) is 0. The minimum atomic E-state index is -0.561. The Bertz CT molecular complexity index is 812. The molecule has 1 aromatic carbocycles. The molecule has 0 bridgehead atoms. The van der Waals surface area contributed by atoms with Crippen molar-refractivity contribution in [2.45, 2.75) is 51.4 Å². The van der Waals surface area contributed by atoms with Crippen LogP contribution in [0.2, 0.25) is 0 Å². The maximum Gasteiger partial charge on any atom is 0.344 e. The van der Waals surface area contributed by atoms with E-state index in [1.165, 1.54) is 0 Å². The van der Waals surface area contributed by atoms with Gasteiger partial charge < -0.3 is 13.9 Å². The van der Waals surface area contributed by atoms with Gasteiger partial charge in [0.2, 0.25) is 6.29 Å². The van der Waals surface area contributed by atoms with E-state index < -0.39 is 11.7 Å². The Kier molecular flexibility index (Phi) is 3.60. The van der Waals surface area contributed by atoms with Crippen molar-refractivity contribution >= 4 is 11.0 Å². The molecular weight excluding hydrogens is 292 g/mol. The van der Waals surface area contributed by atoms with Crippen molar-refractivity contribution in [3.63, 3.8) is 0 Å². The lowest BCUT2D eigenvalue weighted by Crippen LogP contribution is -2.43. The first-order valence-corrected chi connectivity index (χ1v) is 7.78. The van der Waals surface area contributed by atoms with Crippen molar-refractivity contribution in [1.29, 1.82) is 0 Å². The Morgan fingerprint density at radius 1 is 1.35 bits per heavy atom. The molecule has 23 heavy (non-hydrogen) atoms. The van der Waals surface area contributed by atoms with Crippen molar-refractivity contribution in [2.75, 3.05) is 0 Å². The summed E-state index contributed by atoms with van der Waals surface area (Å²) in [5.41, 5.74) is -0.262. The van der Waals surface area contributed by atoms with Crippen LogP contribution in [-0.2, 0) is 10.2 Å². The molecule has 0 radical (unpaired) electrons. The molecule has 4 nitrogen and oxygen atoms in total. The molecule has 0 spiro atoms. The number of rotatable bonds is 2. The summed E-state index contributed by atoms with van der Waals surface area (Å²) in [5, 5.41) is 0.775. The third-order valence-electron chi connectivity index (χ3n) is 4.11. The zero-order valence-electron chi connectivity index (χ0n) is 14.0. The predicted octanol–water partition coefficient (Wildman–Crippen LogP) is 4.16. The van der Waals surface area contributed by atoms with E-state index in [4.69, 9.17) is 13.9 Å². The zero-order chi connectivity index (χ0) is 16.8. The highest BCUT2D eigenvalue weighted by molar-refractivity contribution is 5.85. The quantitative estimate of drug-likeness (QED) is 0.617. The molecule has 2 atom stereocenters. The van der Waals surface area contributed by atoms with Gasteiger partial charge in [-0.1, -0.05) is 25.1 Å². The van der Waals surface area contributed by atoms with Crippen LogP contribution in [0.5, 0.6) is 5.75 Å². The molecule has 2 aromatic rings. The lowest BCUT2D eigenvalue weighted by molar-refractivity contribution is -0.164. The van der Waals surface area contributed by atoms with Crippen LogP contribution in [0.25, 0.3) is 11.0 Å². The third kappa shape index (κ3) is 2.79. The molecule has 0 unspecified atom stereocenters. The second-order valence-electron chi connectivity index (χ2n) is 7.19. The van der Waals surface area contributed by atoms with E-state index in [-0.39, 0.29) is 11.2 Å². The summed E-state index contributed by atoms with van der Waals surface area (Å²) in [5.74, 6) is 0.541. The predicted molar refractivity (Wildman–Crippen MR) is 89.9 cm³/mol. The van der Waals surface area contributed by atoms with E-state index in [1.807, 2.05) is 45.9 Å². The minimum absolute atomic E-state index is 0.348. The molecule has 1 aliphatic rings. The summed E-state index contributed by atoms with van der Waals surface area (Å²) in [6.45, 7) is 11.8. The molecule has 2 heterocycles. The third-order valence-corrected chi connectivity index (χ3v) is 4.11. The summed E-state index contributed by atoms with van der Waals surface area (Å²) < 4.78 is 17.6. The maximum absolute atomic E-state index is 12.5. The van der Waals surface area contributed by atoms with Gasteiger partial charge >= 0.3 is 5.63 Å². The second-order valence-corrected chi connectivity index (χ2v) is 7.19. The zero-order valence-corrected chi connectivity index (χ0v) is 14.0. The number of fused-ring (bicyclic) bond motifs is 3. The normalized spacial score (nSPS) is 24.1. The van der Waals surface area contributed by atoms with Crippen LogP contribution in [0, 0.1) is 0 Å². The molecule has 3 rings (SSSR count). The number of hydrogen-bond acceptors (Lipinski definition) is 4. The maximum atomic E-state index is 12.5. The highest BCUT2D eigenvalue weighted by atomic mass is 16.7. The number of ether oxygens (including phenoxy) is 2. The monoisotopic (exact) mass is 314 g/mol. The van der Waals surface area contributed by atoms with Gasteiger partial charge in [-0.25, -0.2) is 4.79 Å². The van der Waals surface area contributed by atoms with Gasteiger partial charge in [0.1, 0.15) is 11.3 Å². The van der Waals surface area contributed by atoms with E-state index in [0.29, 0.717) is 23.3 Å². The average Bonchev–Trinajstić information content (AvgIpc) is 2.45. The van der Waals surface area contributed by atoms with Crippen LogP contribution in [0.15, 0.2) is 46.1 Å². The van der Waals surface area contributed by atoms with Crippen LogP contribution in [0.4, 0.5) is 0 Å². The van der Waals surface area contributed by atoms with E-state index in [1.54, 1.807) is 12.1 Å². The summed E-state index contributed by atoms with van der Waals surface area (Å²) >= 11 is 0. The fraction of sp³-hybridized carbons (Fsp3) is 0.421. The fourth-order valence-corrected chi connectivity index (χ4v) is 3.00. The van der Waals surface area contributed by atoms with Gasteiger partial charge in [0, 0.05) is 11.8 Å². The van der Waals surface area contributed by atoms with Crippen LogP contribution in [0.3, 0.4) is 0 Å². The van der Waals surface area contributed by atoms with Crippen molar-refractivity contribution in [1.82, 2.24) is 0 Å². The summed E-state index contributed by atoms with van der Waals surface area (Å²) in [6, 6.07) is 7.38. The molecule has 0 saturated carbocycles. The van der Waals surface area contributed by atoms with Crippen LogP contribution in [0.1, 0.15) is 39.7 Å². The highest BCUT2D eigenvalue weighted by Crippen LogP contribution is 2.44.